The van der Waals surface area contributed by atoms with Crippen molar-refractivity contribution < 1.29 is 33.4 Å². The normalized spacial score (nSPS) is 16.4. The molecular weight excluding hydrogens is 524 g/mol. The van der Waals surface area contributed by atoms with Crippen LogP contribution in [0, 0.1) is 21.4 Å². The van der Waals surface area contributed by atoms with Crippen LogP contribution in [-0.2, 0) is 4.74 Å². The fourth-order valence-corrected chi connectivity index (χ4v) is 4.64. The van der Waals surface area contributed by atoms with Gasteiger partial charge in [-0.25, -0.2) is 4.79 Å². The van der Waals surface area contributed by atoms with Gasteiger partial charge in [0.25, 0.3) is 5.69 Å². The number of hydrogen-bond donors (Lipinski definition) is 2. The average Bonchev–Trinajstić information content (AvgIpc) is 3.40. The number of hydrogen-bond acceptors (Lipinski definition) is 11. The number of amides is 1. The van der Waals surface area contributed by atoms with Gasteiger partial charge < -0.3 is 34.3 Å². The van der Waals surface area contributed by atoms with E-state index in [1.165, 1.54) is 31.3 Å². The van der Waals surface area contributed by atoms with E-state index in [1.54, 1.807) is 24.3 Å². The lowest BCUT2D eigenvalue weighted by molar-refractivity contribution is -0.384. The van der Waals surface area contributed by atoms with Crippen LogP contribution in [-0.4, -0.2) is 66.6 Å². The molecule has 40 heavy (non-hydrogen) atoms. The summed E-state index contributed by atoms with van der Waals surface area (Å²) >= 11 is 0. The molecule has 3 heterocycles. The van der Waals surface area contributed by atoms with E-state index in [1.807, 2.05) is 0 Å². The SMILES string of the molecule is COc1cc([C@H]2C(C#N)=C(N)Oc3n[nH]c(-c4cccc([N+](=O)[O-])c4)c32)cc(OC)c1OC(=O)N1CCOCC1. The molecule has 206 valence electrons. The number of nitriles is 1. The number of carbonyl (C=O) groups is 1. The van der Waals surface area contributed by atoms with Gasteiger partial charge in [-0.1, -0.05) is 12.1 Å². The van der Waals surface area contributed by atoms with Crippen molar-refractivity contribution in [2.45, 2.75) is 5.92 Å². The number of benzene rings is 2. The summed E-state index contributed by atoms with van der Waals surface area (Å²) in [6, 6.07) is 11.3. The Labute approximate surface area is 227 Å². The van der Waals surface area contributed by atoms with Crippen molar-refractivity contribution in [2.24, 2.45) is 5.73 Å². The second-order valence-corrected chi connectivity index (χ2v) is 8.77. The third-order valence-electron chi connectivity index (χ3n) is 6.56. The third-order valence-corrected chi connectivity index (χ3v) is 6.56. The van der Waals surface area contributed by atoms with Gasteiger partial charge in [-0.3, -0.25) is 15.2 Å². The van der Waals surface area contributed by atoms with Crippen LogP contribution in [0.4, 0.5) is 10.5 Å². The average molecular weight is 549 g/mol. The van der Waals surface area contributed by atoms with Crippen LogP contribution >= 0.6 is 0 Å². The minimum Gasteiger partial charge on any atom is -0.493 e. The van der Waals surface area contributed by atoms with Crippen LogP contribution in [0.15, 0.2) is 47.9 Å². The fourth-order valence-electron chi connectivity index (χ4n) is 4.64. The number of nitrogens with one attached hydrogen (secondary N) is 1. The number of carbonyl (C=O) groups excluding carboxylic acids is 1. The second-order valence-electron chi connectivity index (χ2n) is 8.77. The van der Waals surface area contributed by atoms with Gasteiger partial charge in [-0.05, 0) is 17.7 Å². The molecule has 1 atom stereocenters. The molecule has 1 saturated heterocycles. The first-order valence-corrected chi connectivity index (χ1v) is 12.1. The van der Waals surface area contributed by atoms with Crippen molar-refractivity contribution in [1.29, 1.82) is 5.26 Å². The van der Waals surface area contributed by atoms with E-state index in [0.29, 0.717) is 48.7 Å². The first-order chi connectivity index (χ1) is 19.4. The number of nitrogens with two attached hydrogens (primary N) is 1. The van der Waals surface area contributed by atoms with Gasteiger partial charge in [0.2, 0.25) is 17.5 Å². The molecule has 0 radical (unpaired) electrons. The van der Waals surface area contributed by atoms with Gasteiger partial charge in [-0.15, -0.1) is 5.10 Å². The Kier molecular flexibility index (Phi) is 7.13. The topological polar surface area (TPSA) is 188 Å². The number of aromatic amines is 1. The standard InChI is InChI=1S/C26H24N6O8/c1-36-18-11-15(12-19(37-2)23(18)39-26(33)31-6-8-38-9-7-31)20-17(13-27)24(28)40-25-21(20)22(29-30-25)14-4-3-5-16(10-14)32(34)35/h3-5,10-12,20H,6-9,28H2,1-2H3,(H,29,30)/t20-/m0/s1. The van der Waals surface area contributed by atoms with Gasteiger partial charge >= 0.3 is 6.09 Å². The number of non-ortho nitro benzene ring substituents is 1. The molecule has 1 aromatic heterocycles. The number of rotatable bonds is 6. The number of allylic oxidation sites excluding steroid dienone is 1. The van der Waals surface area contributed by atoms with Crippen LogP contribution in [0.5, 0.6) is 23.1 Å². The van der Waals surface area contributed by atoms with E-state index in [4.69, 9.17) is 29.4 Å². The van der Waals surface area contributed by atoms with E-state index in [-0.39, 0.29) is 40.3 Å². The van der Waals surface area contributed by atoms with Gasteiger partial charge in [0.1, 0.15) is 11.6 Å². The number of nitrogens with zero attached hydrogens (tertiary/aromatic N) is 4. The van der Waals surface area contributed by atoms with E-state index >= 15 is 0 Å². The maximum Gasteiger partial charge on any atom is 0.415 e. The third kappa shape index (κ3) is 4.69. The van der Waals surface area contributed by atoms with Crippen molar-refractivity contribution in [3.05, 3.63) is 69.1 Å². The highest BCUT2D eigenvalue weighted by atomic mass is 16.6. The van der Waals surface area contributed by atoms with Gasteiger partial charge in [0.05, 0.1) is 49.5 Å². The first kappa shape index (κ1) is 26.3. The Morgan fingerprint density at radius 1 is 1.23 bits per heavy atom. The summed E-state index contributed by atoms with van der Waals surface area (Å²) in [7, 11) is 2.81. The van der Waals surface area contributed by atoms with Crippen LogP contribution in [0.2, 0.25) is 0 Å². The van der Waals surface area contributed by atoms with E-state index in [0.717, 1.165) is 0 Å². The predicted molar refractivity (Wildman–Crippen MR) is 138 cm³/mol. The zero-order chi connectivity index (χ0) is 28.4. The second kappa shape index (κ2) is 10.8. The van der Waals surface area contributed by atoms with Crippen molar-refractivity contribution in [2.75, 3.05) is 40.5 Å². The van der Waals surface area contributed by atoms with Crippen LogP contribution in [0.1, 0.15) is 17.0 Å². The summed E-state index contributed by atoms with van der Waals surface area (Å²) in [5.74, 6) is -0.505. The highest BCUT2D eigenvalue weighted by Gasteiger charge is 2.37. The quantitative estimate of drug-likeness (QED) is 0.340. The van der Waals surface area contributed by atoms with Gasteiger partial charge in [0, 0.05) is 30.8 Å². The lowest BCUT2D eigenvalue weighted by Gasteiger charge is -2.27. The summed E-state index contributed by atoms with van der Waals surface area (Å²) in [6.07, 6.45) is -0.592. The Hall–Kier alpha value is -5.29. The molecule has 2 aromatic carbocycles. The Morgan fingerprint density at radius 2 is 1.93 bits per heavy atom. The summed E-state index contributed by atoms with van der Waals surface area (Å²) in [6.45, 7) is 1.55. The monoisotopic (exact) mass is 548 g/mol. The van der Waals surface area contributed by atoms with Crippen LogP contribution in [0.25, 0.3) is 11.3 Å². The Bertz CT molecular complexity index is 1530. The zero-order valence-electron chi connectivity index (χ0n) is 21.5. The van der Waals surface area contributed by atoms with Crippen molar-refractivity contribution in [3.63, 3.8) is 0 Å². The number of ether oxygens (including phenoxy) is 5. The number of methoxy groups -OCH3 is 2. The molecule has 1 fully saturated rings. The zero-order valence-corrected chi connectivity index (χ0v) is 21.5. The largest absolute Gasteiger partial charge is 0.493 e. The fraction of sp³-hybridized carbons (Fsp3) is 0.269. The van der Waals surface area contributed by atoms with E-state index < -0.39 is 16.9 Å². The molecule has 0 unspecified atom stereocenters. The predicted octanol–water partition coefficient (Wildman–Crippen LogP) is 3.05. The summed E-state index contributed by atoms with van der Waals surface area (Å²) < 4.78 is 27.7. The van der Waals surface area contributed by atoms with E-state index in [9.17, 15) is 20.2 Å². The van der Waals surface area contributed by atoms with E-state index in [2.05, 4.69) is 16.3 Å². The number of nitro benzene ring substituents is 1. The molecule has 0 aliphatic carbocycles. The number of morpholine rings is 1. The van der Waals surface area contributed by atoms with Gasteiger partial charge in [0.15, 0.2) is 11.5 Å². The Morgan fingerprint density at radius 3 is 2.55 bits per heavy atom. The van der Waals surface area contributed by atoms with Gasteiger partial charge in [-0.2, -0.15) is 5.26 Å². The number of fused-ring (bicyclic) bond motifs is 1. The molecule has 2 aliphatic rings. The molecule has 1 amide bonds. The van der Waals surface area contributed by atoms with Crippen molar-refractivity contribution in [3.8, 4) is 40.5 Å². The minimum absolute atomic E-state index is 0.0547. The number of aromatic nitrogens is 2. The number of H-pyrrole nitrogens is 1. The van der Waals surface area contributed by atoms with Crippen LogP contribution in [0.3, 0.4) is 0 Å². The maximum absolute atomic E-state index is 12.8. The molecule has 0 saturated carbocycles. The lowest BCUT2D eigenvalue weighted by Crippen LogP contribution is -2.42. The van der Waals surface area contributed by atoms with Crippen molar-refractivity contribution in [1.82, 2.24) is 15.1 Å². The molecule has 3 N–H and O–H groups in total. The summed E-state index contributed by atoms with van der Waals surface area (Å²) in [5, 5.41) is 28.5. The Balaban J connectivity index is 1.62. The molecular formula is C26H24N6O8. The molecule has 14 nitrogen and oxygen atoms in total. The number of nitro groups is 1. The molecule has 5 rings (SSSR count). The van der Waals surface area contributed by atoms with Crippen molar-refractivity contribution >= 4 is 11.8 Å². The summed E-state index contributed by atoms with van der Waals surface area (Å²) in [5.41, 5.74) is 7.80. The molecule has 2 aliphatic heterocycles. The minimum atomic E-state index is -0.839. The smallest absolute Gasteiger partial charge is 0.415 e. The summed E-state index contributed by atoms with van der Waals surface area (Å²) in [4.78, 5) is 25.2. The molecule has 0 spiro atoms. The molecule has 3 aromatic rings. The molecule has 0 bridgehead atoms. The van der Waals surface area contributed by atoms with Crippen LogP contribution < -0.4 is 24.7 Å². The highest BCUT2D eigenvalue weighted by Crippen LogP contribution is 2.49. The maximum atomic E-state index is 12.8. The molecule has 14 heteroatoms. The lowest BCUT2D eigenvalue weighted by atomic mass is 9.82. The highest BCUT2D eigenvalue weighted by molar-refractivity contribution is 5.75. The first-order valence-electron chi connectivity index (χ1n) is 12.1.